The summed E-state index contributed by atoms with van der Waals surface area (Å²) in [4.78, 5) is 0. The summed E-state index contributed by atoms with van der Waals surface area (Å²) in [5.41, 5.74) is 1.25. The summed E-state index contributed by atoms with van der Waals surface area (Å²) < 4.78 is 13.0. The number of halogens is 2. The molecule has 0 fully saturated rings. The van der Waals surface area contributed by atoms with E-state index in [4.69, 9.17) is 11.6 Å². The topological polar surface area (TPSA) is 0 Å². The zero-order valence-electron chi connectivity index (χ0n) is 11.1. The Bertz CT molecular complexity index is 354. The van der Waals surface area contributed by atoms with E-state index in [1.807, 2.05) is 6.07 Å². The van der Waals surface area contributed by atoms with E-state index < -0.39 is 0 Å². The van der Waals surface area contributed by atoms with Crippen molar-refractivity contribution in [2.24, 2.45) is 11.3 Å². The predicted molar refractivity (Wildman–Crippen MR) is 73.0 cm³/mol. The fourth-order valence-corrected chi connectivity index (χ4v) is 2.19. The van der Waals surface area contributed by atoms with Gasteiger partial charge in [0.1, 0.15) is 5.82 Å². The Kier molecular flexibility index (Phi) is 5.00. The maximum absolute atomic E-state index is 13.0. The van der Waals surface area contributed by atoms with Crippen LogP contribution in [0.4, 0.5) is 4.39 Å². The van der Waals surface area contributed by atoms with Gasteiger partial charge in [-0.2, -0.15) is 0 Å². The number of alkyl halides is 1. The second kappa shape index (κ2) is 5.86. The van der Waals surface area contributed by atoms with Gasteiger partial charge >= 0.3 is 0 Å². The molecule has 0 saturated heterocycles. The molecule has 0 aliphatic carbocycles. The first-order chi connectivity index (χ1) is 7.79. The predicted octanol–water partition coefficient (Wildman–Crippen LogP) is 5.05. The van der Waals surface area contributed by atoms with Crippen LogP contribution >= 0.6 is 11.6 Å². The second-order valence-electron chi connectivity index (χ2n) is 5.93. The van der Waals surface area contributed by atoms with E-state index >= 15 is 0 Å². The van der Waals surface area contributed by atoms with E-state index in [1.165, 1.54) is 6.07 Å². The van der Waals surface area contributed by atoms with Gasteiger partial charge in [0.05, 0.1) is 0 Å². The minimum absolute atomic E-state index is 0.0750. The van der Waals surface area contributed by atoms with Gasteiger partial charge in [-0.05, 0) is 41.9 Å². The Hall–Kier alpha value is -0.560. The molecule has 1 rings (SSSR count). The van der Waals surface area contributed by atoms with Crippen molar-refractivity contribution < 1.29 is 4.39 Å². The lowest BCUT2D eigenvalue weighted by molar-refractivity contribution is 0.244. The maximum Gasteiger partial charge on any atom is 0.123 e. The normalized spacial score (nSPS) is 15.6. The standard InChI is InChI=1S/C15H22ClF/c1-11(15(2,3)4)8-13(16)9-12-6-5-7-14(17)10-12/h5-7,10-11,13H,8-9H2,1-4H3. The third-order valence-electron chi connectivity index (χ3n) is 3.43. The van der Waals surface area contributed by atoms with Gasteiger partial charge in [-0.15, -0.1) is 11.6 Å². The van der Waals surface area contributed by atoms with Crippen molar-refractivity contribution in [3.8, 4) is 0 Å². The largest absolute Gasteiger partial charge is 0.207 e. The van der Waals surface area contributed by atoms with Crippen LogP contribution in [0.2, 0.25) is 0 Å². The number of rotatable bonds is 4. The van der Waals surface area contributed by atoms with Gasteiger partial charge < -0.3 is 0 Å². The van der Waals surface area contributed by atoms with Crippen LogP contribution in [0.1, 0.15) is 39.7 Å². The van der Waals surface area contributed by atoms with E-state index in [0.29, 0.717) is 5.92 Å². The average Bonchev–Trinajstić information content (AvgIpc) is 2.15. The number of benzene rings is 1. The Morgan fingerprint density at radius 1 is 1.29 bits per heavy atom. The summed E-state index contributed by atoms with van der Waals surface area (Å²) >= 11 is 6.35. The van der Waals surface area contributed by atoms with Crippen molar-refractivity contribution in [2.75, 3.05) is 0 Å². The molecule has 17 heavy (non-hydrogen) atoms. The van der Waals surface area contributed by atoms with Crippen molar-refractivity contribution in [1.82, 2.24) is 0 Å². The van der Waals surface area contributed by atoms with E-state index in [2.05, 4.69) is 27.7 Å². The second-order valence-corrected chi connectivity index (χ2v) is 6.55. The summed E-state index contributed by atoms with van der Waals surface area (Å²) in [5.74, 6) is 0.369. The molecule has 2 atom stereocenters. The monoisotopic (exact) mass is 256 g/mol. The van der Waals surface area contributed by atoms with Crippen LogP contribution in [0.15, 0.2) is 24.3 Å². The highest BCUT2D eigenvalue weighted by molar-refractivity contribution is 6.20. The first kappa shape index (κ1) is 14.5. The molecule has 0 spiro atoms. The van der Waals surface area contributed by atoms with Gasteiger partial charge in [0.25, 0.3) is 0 Å². The highest BCUT2D eigenvalue weighted by atomic mass is 35.5. The molecule has 0 heterocycles. The molecule has 0 nitrogen and oxygen atoms in total. The van der Waals surface area contributed by atoms with Crippen LogP contribution in [-0.2, 0) is 6.42 Å². The van der Waals surface area contributed by atoms with Gasteiger partial charge in [0, 0.05) is 5.38 Å². The van der Waals surface area contributed by atoms with Gasteiger partial charge in [-0.3, -0.25) is 0 Å². The number of hydrogen-bond acceptors (Lipinski definition) is 0. The summed E-state index contributed by atoms with van der Waals surface area (Å²) in [6, 6.07) is 6.70. The van der Waals surface area contributed by atoms with Crippen molar-refractivity contribution >= 4 is 11.6 Å². The minimum Gasteiger partial charge on any atom is -0.207 e. The lowest BCUT2D eigenvalue weighted by atomic mass is 9.79. The fraction of sp³-hybridized carbons (Fsp3) is 0.600. The first-order valence-corrected chi connectivity index (χ1v) is 6.61. The third-order valence-corrected chi connectivity index (χ3v) is 3.77. The van der Waals surface area contributed by atoms with Gasteiger partial charge in [0.2, 0.25) is 0 Å². The fourth-order valence-electron chi connectivity index (χ4n) is 1.74. The van der Waals surface area contributed by atoms with E-state index in [-0.39, 0.29) is 16.6 Å². The molecule has 1 aromatic rings. The molecule has 0 amide bonds. The number of hydrogen-bond donors (Lipinski definition) is 0. The Morgan fingerprint density at radius 3 is 2.47 bits per heavy atom. The average molecular weight is 257 g/mol. The summed E-state index contributed by atoms with van der Waals surface area (Å²) in [7, 11) is 0. The summed E-state index contributed by atoms with van der Waals surface area (Å²) in [6.07, 6.45) is 1.70. The highest BCUT2D eigenvalue weighted by Gasteiger charge is 2.22. The Morgan fingerprint density at radius 2 is 1.94 bits per heavy atom. The molecule has 0 aliphatic rings. The summed E-state index contributed by atoms with van der Waals surface area (Å²) in [6.45, 7) is 8.90. The maximum atomic E-state index is 13.0. The molecule has 0 radical (unpaired) electrons. The molecule has 2 unspecified atom stereocenters. The third kappa shape index (κ3) is 5.08. The molecule has 2 heteroatoms. The lowest BCUT2D eigenvalue weighted by Crippen LogP contribution is -2.21. The zero-order valence-corrected chi connectivity index (χ0v) is 11.9. The first-order valence-electron chi connectivity index (χ1n) is 6.17. The van der Waals surface area contributed by atoms with E-state index in [9.17, 15) is 4.39 Å². The van der Waals surface area contributed by atoms with Crippen LogP contribution in [0.25, 0.3) is 0 Å². The summed E-state index contributed by atoms with van der Waals surface area (Å²) in [5, 5.41) is 0.0750. The van der Waals surface area contributed by atoms with Gasteiger partial charge in [-0.25, -0.2) is 4.39 Å². The van der Waals surface area contributed by atoms with Crippen molar-refractivity contribution in [2.45, 2.75) is 45.9 Å². The molecule has 96 valence electrons. The molecule has 0 N–H and O–H groups in total. The van der Waals surface area contributed by atoms with Crippen LogP contribution < -0.4 is 0 Å². The molecule has 0 bridgehead atoms. The van der Waals surface area contributed by atoms with Crippen molar-refractivity contribution in [3.05, 3.63) is 35.6 Å². The lowest BCUT2D eigenvalue weighted by Gasteiger charge is -2.28. The van der Waals surface area contributed by atoms with Crippen LogP contribution in [0, 0.1) is 17.2 Å². The van der Waals surface area contributed by atoms with E-state index in [0.717, 1.165) is 18.4 Å². The van der Waals surface area contributed by atoms with Crippen molar-refractivity contribution in [1.29, 1.82) is 0 Å². The van der Waals surface area contributed by atoms with E-state index in [1.54, 1.807) is 12.1 Å². The molecular weight excluding hydrogens is 235 g/mol. The minimum atomic E-state index is -0.185. The zero-order chi connectivity index (χ0) is 13.1. The molecule has 1 aromatic carbocycles. The SMILES string of the molecule is CC(CC(Cl)Cc1cccc(F)c1)C(C)(C)C. The van der Waals surface area contributed by atoms with Crippen molar-refractivity contribution in [3.63, 3.8) is 0 Å². The molecular formula is C15H22ClF. The van der Waals surface area contributed by atoms with Crippen LogP contribution in [0.5, 0.6) is 0 Å². The molecule has 0 aromatic heterocycles. The smallest absolute Gasteiger partial charge is 0.123 e. The quantitative estimate of drug-likeness (QED) is 0.662. The van der Waals surface area contributed by atoms with Crippen LogP contribution in [-0.4, -0.2) is 5.38 Å². The van der Waals surface area contributed by atoms with Crippen LogP contribution in [0.3, 0.4) is 0 Å². The van der Waals surface area contributed by atoms with Gasteiger partial charge in [-0.1, -0.05) is 39.8 Å². The molecule has 0 aliphatic heterocycles. The Labute approximate surface area is 109 Å². The molecule has 0 saturated carbocycles. The Balaban J connectivity index is 2.53. The van der Waals surface area contributed by atoms with Gasteiger partial charge in [0.15, 0.2) is 0 Å². The highest BCUT2D eigenvalue weighted by Crippen LogP contribution is 2.31.